The predicted molar refractivity (Wildman–Crippen MR) is 139 cm³/mol. The van der Waals surface area contributed by atoms with Gasteiger partial charge in [0, 0.05) is 6.07 Å². The lowest BCUT2D eigenvalue weighted by Crippen LogP contribution is -2.60. The van der Waals surface area contributed by atoms with Gasteiger partial charge in [-0.05, 0) is 31.2 Å². The number of benzene rings is 2. The number of methoxy groups -OCH3 is 1. The minimum absolute atomic E-state index is 0.0222. The van der Waals surface area contributed by atoms with Crippen LogP contribution in [0.3, 0.4) is 0 Å². The maximum atomic E-state index is 12.3. The number of Topliss-reactive ketones (excluding diaryl/α,β-unsaturated/α-hetero) is 1. The first-order valence-corrected chi connectivity index (χ1v) is 12.9. The second-order valence-corrected chi connectivity index (χ2v) is 10.1. The van der Waals surface area contributed by atoms with E-state index in [0.717, 1.165) is 12.1 Å². The molecule has 0 radical (unpaired) electrons. The molecule has 2 heterocycles. The van der Waals surface area contributed by atoms with E-state index in [4.69, 9.17) is 28.4 Å². The Labute approximate surface area is 243 Å². The zero-order valence-corrected chi connectivity index (χ0v) is 22.9. The van der Waals surface area contributed by atoms with E-state index in [1.165, 1.54) is 32.2 Å². The van der Waals surface area contributed by atoms with Crippen LogP contribution >= 0.6 is 0 Å². The molecule has 0 aliphatic carbocycles. The number of phenols is 3. The highest BCUT2D eigenvalue weighted by atomic mass is 16.7. The summed E-state index contributed by atoms with van der Waals surface area (Å²) in [6.07, 6.45) is -11.5. The van der Waals surface area contributed by atoms with Gasteiger partial charge in [0.1, 0.15) is 48.6 Å². The Morgan fingerprint density at radius 1 is 0.977 bits per heavy atom. The number of ketones is 1. The number of hydrogen-bond donors (Lipinski definition) is 8. The molecule has 2 aliphatic rings. The molecular formula is C27H32O16. The van der Waals surface area contributed by atoms with Gasteiger partial charge in [0.2, 0.25) is 6.29 Å². The SMILES string of the molecule is COc1ccc(C(C)=O)c(O[C@@H]2O[C@H](CO[C@@H]3OC[C@](O)(COC(=O)c4cc(O)c(O)c(O)c4)[C@H]3O)[C@@H](O)[C@H](O)[C@H]2O)c1. The Morgan fingerprint density at radius 3 is 2.28 bits per heavy atom. The van der Waals surface area contributed by atoms with Crippen molar-refractivity contribution in [1.82, 2.24) is 0 Å². The third-order valence-corrected chi connectivity index (χ3v) is 6.97. The van der Waals surface area contributed by atoms with Crippen LogP contribution in [-0.2, 0) is 18.9 Å². The molecule has 0 amide bonds. The highest BCUT2D eigenvalue weighted by Crippen LogP contribution is 2.36. The van der Waals surface area contributed by atoms with Crippen molar-refractivity contribution in [2.75, 3.05) is 26.9 Å². The van der Waals surface area contributed by atoms with E-state index in [1.807, 2.05) is 0 Å². The van der Waals surface area contributed by atoms with Crippen LogP contribution in [0.15, 0.2) is 30.3 Å². The zero-order chi connectivity index (χ0) is 31.6. The van der Waals surface area contributed by atoms with Crippen LogP contribution in [-0.4, -0.2) is 128 Å². The quantitative estimate of drug-likeness (QED) is 0.0865. The Morgan fingerprint density at radius 2 is 1.65 bits per heavy atom. The van der Waals surface area contributed by atoms with E-state index in [-0.39, 0.29) is 22.7 Å². The molecule has 2 aliphatic heterocycles. The number of aromatic hydroxyl groups is 3. The lowest BCUT2D eigenvalue weighted by molar-refractivity contribution is -0.289. The molecule has 0 unspecified atom stereocenters. The van der Waals surface area contributed by atoms with Gasteiger partial charge in [-0.25, -0.2) is 4.79 Å². The van der Waals surface area contributed by atoms with Crippen LogP contribution in [0.2, 0.25) is 0 Å². The fourth-order valence-corrected chi connectivity index (χ4v) is 4.40. The van der Waals surface area contributed by atoms with Gasteiger partial charge in [-0.15, -0.1) is 0 Å². The summed E-state index contributed by atoms with van der Waals surface area (Å²) in [6.45, 7) is -0.632. The topological polar surface area (TPSA) is 251 Å². The highest BCUT2D eigenvalue weighted by molar-refractivity contribution is 5.97. The molecule has 0 saturated carbocycles. The van der Waals surface area contributed by atoms with Crippen LogP contribution in [0, 0.1) is 0 Å². The monoisotopic (exact) mass is 612 g/mol. The standard InChI is InChI=1S/C27H32O16/c1-11(28)14-4-3-13(38-2)7-17(14)42-25-22(34)21(33)20(32)18(43-25)8-39-26-23(35)27(37,10-41-26)9-40-24(36)12-5-15(29)19(31)16(30)6-12/h3-7,18,20-23,25-26,29-35,37H,8-10H2,1-2H3/t18-,20-,21+,22-,23+,25-,26-,27-/m1/s1. The number of esters is 1. The van der Waals surface area contributed by atoms with Crippen molar-refractivity contribution in [2.24, 2.45) is 0 Å². The molecule has 236 valence electrons. The van der Waals surface area contributed by atoms with Crippen LogP contribution in [0.1, 0.15) is 27.6 Å². The normalized spacial score (nSPS) is 30.5. The Hall–Kier alpha value is -3.74. The first-order valence-electron chi connectivity index (χ1n) is 12.9. The van der Waals surface area contributed by atoms with Crippen LogP contribution in [0.4, 0.5) is 0 Å². The van der Waals surface area contributed by atoms with Crippen molar-refractivity contribution >= 4 is 11.8 Å². The van der Waals surface area contributed by atoms with E-state index in [0.29, 0.717) is 5.75 Å². The summed E-state index contributed by atoms with van der Waals surface area (Å²) in [4.78, 5) is 24.4. The van der Waals surface area contributed by atoms with Gasteiger partial charge >= 0.3 is 5.97 Å². The molecule has 16 nitrogen and oxygen atoms in total. The van der Waals surface area contributed by atoms with Gasteiger partial charge in [0.15, 0.2) is 34.9 Å². The van der Waals surface area contributed by atoms with E-state index >= 15 is 0 Å². The molecule has 4 rings (SSSR count). The lowest BCUT2D eigenvalue weighted by Gasteiger charge is -2.40. The van der Waals surface area contributed by atoms with Crippen molar-refractivity contribution < 1.29 is 78.9 Å². The van der Waals surface area contributed by atoms with Gasteiger partial charge in [-0.1, -0.05) is 0 Å². The molecule has 16 heteroatoms. The number of phenolic OH excluding ortho intramolecular Hbond substituents is 3. The summed E-state index contributed by atoms with van der Waals surface area (Å²) in [5.41, 5.74) is -2.39. The molecule has 0 spiro atoms. The number of hydrogen-bond acceptors (Lipinski definition) is 16. The summed E-state index contributed by atoms with van der Waals surface area (Å²) in [6, 6.07) is 5.98. The number of carbonyl (C=O) groups is 2. The molecule has 2 saturated heterocycles. The fourth-order valence-electron chi connectivity index (χ4n) is 4.40. The minimum Gasteiger partial charge on any atom is -0.504 e. The van der Waals surface area contributed by atoms with Gasteiger partial charge in [-0.3, -0.25) is 4.79 Å². The van der Waals surface area contributed by atoms with Crippen LogP contribution in [0.5, 0.6) is 28.7 Å². The maximum absolute atomic E-state index is 12.3. The molecule has 2 aromatic carbocycles. The lowest BCUT2D eigenvalue weighted by atomic mass is 9.99. The Kier molecular flexibility index (Phi) is 9.63. The smallest absolute Gasteiger partial charge is 0.338 e. The fraction of sp³-hybridized carbons (Fsp3) is 0.481. The molecule has 0 aromatic heterocycles. The summed E-state index contributed by atoms with van der Waals surface area (Å²) < 4.78 is 32.1. The molecule has 43 heavy (non-hydrogen) atoms. The average molecular weight is 613 g/mol. The number of carbonyl (C=O) groups excluding carboxylic acids is 2. The molecule has 8 N–H and O–H groups in total. The molecular weight excluding hydrogens is 580 g/mol. The van der Waals surface area contributed by atoms with E-state index < -0.39 is 91.7 Å². The van der Waals surface area contributed by atoms with Gasteiger partial charge < -0.3 is 69.3 Å². The van der Waals surface area contributed by atoms with E-state index in [2.05, 4.69) is 0 Å². The van der Waals surface area contributed by atoms with E-state index in [9.17, 15) is 50.4 Å². The summed E-state index contributed by atoms with van der Waals surface area (Å²) in [7, 11) is 1.39. The number of aliphatic hydroxyl groups excluding tert-OH is 4. The van der Waals surface area contributed by atoms with Crippen molar-refractivity contribution in [1.29, 1.82) is 0 Å². The second-order valence-electron chi connectivity index (χ2n) is 10.1. The van der Waals surface area contributed by atoms with Crippen LogP contribution in [0.25, 0.3) is 0 Å². The molecule has 0 bridgehead atoms. The molecule has 2 fully saturated rings. The maximum Gasteiger partial charge on any atom is 0.338 e. The van der Waals surface area contributed by atoms with Crippen molar-refractivity contribution in [3.05, 3.63) is 41.5 Å². The second kappa shape index (κ2) is 12.9. The van der Waals surface area contributed by atoms with Gasteiger partial charge in [0.25, 0.3) is 0 Å². The first-order chi connectivity index (χ1) is 20.2. The van der Waals surface area contributed by atoms with Crippen molar-refractivity contribution in [3.63, 3.8) is 0 Å². The van der Waals surface area contributed by atoms with Crippen molar-refractivity contribution in [3.8, 4) is 28.7 Å². The summed E-state index contributed by atoms with van der Waals surface area (Å²) >= 11 is 0. The average Bonchev–Trinajstić information content (AvgIpc) is 3.26. The third-order valence-electron chi connectivity index (χ3n) is 6.97. The first kappa shape index (κ1) is 32.2. The largest absolute Gasteiger partial charge is 0.504 e. The zero-order valence-electron chi connectivity index (χ0n) is 22.9. The van der Waals surface area contributed by atoms with Gasteiger partial charge in [-0.2, -0.15) is 0 Å². The Bertz CT molecular complexity index is 1310. The predicted octanol–water partition coefficient (Wildman–Crippen LogP) is -1.48. The highest BCUT2D eigenvalue weighted by Gasteiger charge is 2.51. The summed E-state index contributed by atoms with van der Waals surface area (Å²) in [5.74, 6) is -3.60. The summed E-state index contributed by atoms with van der Waals surface area (Å²) in [5, 5.41) is 81.3. The Balaban J connectivity index is 1.37. The van der Waals surface area contributed by atoms with Gasteiger partial charge in [0.05, 0.1) is 31.5 Å². The van der Waals surface area contributed by atoms with Crippen LogP contribution < -0.4 is 9.47 Å². The molecule has 2 aromatic rings. The third kappa shape index (κ3) is 6.76. The van der Waals surface area contributed by atoms with E-state index in [1.54, 1.807) is 0 Å². The minimum atomic E-state index is -2.16. The van der Waals surface area contributed by atoms with Crippen molar-refractivity contribution in [2.45, 2.75) is 55.6 Å². The molecule has 8 atom stereocenters. The number of aliphatic hydroxyl groups is 5. The number of rotatable bonds is 10. The number of ether oxygens (including phenoxy) is 6.